The molecular formula is C12H24CaN2O8S2. The number of hydrogen-bond donors (Lipinski definition) is 0. The maximum atomic E-state index is 10.3. The molecule has 2 fully saturated rings. The Balaban J connectivity index is 0.000000443. The van der Waals surface area contributed by atoms with Gasteiger partial charge in [0.05, 0.1) is 58.2 Å². The van der Waals surface area contributed by atoms with Crippen molar-refractivity contribution in [3.05, 3.63) is 0 Å². The van der Waals surface area contributed by atoms with E-state index < -0.39 is 20.2 Å². The zero-order chi connectivity index (χ0) is 18.1. The summed E-state index contributed by atoms with van der Waals surface area (Å²) in [4.78, 5) is 3.83. The first-order chi connectivity index (χ1) is 11.2. The van der Waals surface area contributed by atoms with Crippen molar-refractivity contribution in [3.8, 4) is 0 Å². The fourth-order valence-corrected chi connectivity index (χ4v) is 3.09. The molecule has 0 spiro atoms. The summed E-state index contributed by atoms with van der Waals surface area (Å²) in [5.74, 6) is -0.597. The van der Waals surface area contributed by atoms with Crippen molar-refractivity contribution in [1.82, 2.24) is 9.80 Å². The van der Waals surface area contributed by atoms with Gasteiger partial charge in [-0.2, -0.15) is 0 Å². The Labute approximate surface area is 179 Å². The van der Waals surface area contributed by atoms with Gasteiger partial charge >= 0.3 is 37.7 Å². The molecule has 2 rings (SSSR count). The minimum atomic E-state index is -4.06. The summed E-state index contributed by atoms with van der Waals surface area (Å²) in [6.45, 7) is 6.02. The Morgan fingerprint density at radius 1 is 0.680 bits per heavy atom. The van der Waals surface area contributed by atoms with E-state index in [9.17, 15) is 25.9 Å². The number of morpholine rings is 2. The molecule has 0 aliphatic carbocycles. The zero-order valence-corrected chi connectivity index (χ0v) is 18.0. The molecule has 0 saturated carbocycles. The molecule has 144 valence electrons. The topological polar surface area (TPSA) is 139 Å². The molecular weight excluding hydrogens is 404 g/mol. The average Bonchev–Trinajstić information content (AvgIpc) is 2.52. The van der Waals surface area contributed by atoms with Crippen LogP contribution >= 0.6 is 0 Å². The Hall–Kier alpha value is 0.920. The summed E-state index contributed by atoms with van der Waals surface area (Å²) in [7, 11) is -8.11. The van der Waals surface area contributed by atoms with Crippen LogP contribution in [0.25, 0.3) is 0 Å². The van der Waals surface area contributed by atoms with Crippen LogP contribution in [-0.2, 0) is 29.7 Å². The Morgan fingerprint density at radius 2 is 0.960 bits per heavy atom. The molecule has 2 aliphatic rings. The van der Waals surface area contributed by atoms with Crippen LogP contribution < -0.4 is 0 Å². The van der Waals surface area contributed by atoms with Crippen molar-refractivity contribution in [3.63, 3.8) is 0 Å². The van der Waals surface area contributed by atoms with E-state index in [0.29, 0.717) is 39.5 Å². The molecule has 0 aromatic heterocycles. The van der Waals surface area contributed by atoms with E-state index >= 15 is 0 Å². The van der Waals surface area contributed by atoms with Crippen molar-refractivity contribution < 1.29 is 35.4 Å². The van der Waals surface area contributed by atoms with Crippen LogP contribution in [0, 0.1) is 0 Å². The van der Waals surface area contributed by atoms with E-state index in [1.54, 1.807) is 0 Å². The number of hydrogen-bond acceptors (Lipinski definition) is 10. The Kier molecular flexibility index (Phi) is 13.6. The molecule has 10 nitrogen and oxygen atoms in total. The largest absolute Gasteiger partial charge is 2.00 e. The van der Waals surface area contributed by atoms with Gasteiger partial charge in [-0.05, 0) is 0 Å². The summed E-state index contributed by atoms with van der Waals surface area (Å²) in [6.07, 6.45) is 0. The van der Waals surface area contributed by atoms with Crippen molar-refractivity contribution in [2.45, 2.75) is 0 Å². The van der Waals surface area contributed by atoms with Gasteiger partial charge in [-0.15, -0.1) is 0 Å². The number of nitrogens with zero attached hydrogens (tertiary/aromatic N) is 2. The summed E-state index contributed by atoms with van der Waals surface area (Å²) >= 11 is 0. The second kappa shape index (κ2) is 13.2. The third kappa shape index (κ3) is 15.7. The molecule has 13 heteroatoms. The van der Waals surface area contributed by atoms with Crippen LogP contribution in [0.1, 0.15) is 0 Å². The maximum Gasteiger partial charge on any atom is 2.00 e. The van der Waals surface area contributed by atoms with Crippen molar-refractivity contribution in [2.75, 3.05) is 77.2 Å². The van der Waals surface area contributed by atoms with Crippen molar-refractivity contribution in [2.24, 2.45) is 0 Å². The van der Waals surface area contributed by atoms with Gasteiger partial charge in [-0.1, -0.05) is 0 Å². The summed E-state index contributed by atoms with van der Waals surface area (Å²) in [5, 5.41) is 0. The maximum absolute atomic E-state index is 10.3. The molecule has 25 heavy (non-hydrogen) atoms. The summed E-state index contributed by atoms with van der Waals surface area (Å²) in [5.41, 5.74) is 0. The molecule has 2 heterocycles. The molecule has 2 saturated heterocycles. The molecule has 0 atom stereocenters. The van der Waals surface area contributed by atoms with Crippen LogP contribution in [0.3, 0.4) is 0 Å². The zero-order valence-electron chi connectivity index (χ0n) is 14.2. The van der Waals surface area contributed by atoms with E-state index in [1.165, 1.54) is 0 Å². The second-order valence-corrected chi connectivity index (χ2v) is 8.48. The molecule has 0 bridgehead atoms. The van der Waals surface area contributed by atoms with Gasteiger partial charge in [0.15, 0.2) is 0 Å². The molecule has 0 amide bonds. The van der Waals surface area contributed by atoms with Gasteiger partial charge in [0.1, 0.15) is 0 Å². The van der Waals surface area contributed by atoms with Gasteiger partial charge in [0, 0.05) is 39.3 Å². The molecule has 0 unspecified atom stereocenters. The van der Waals surface area contributed by atoms with Gasteiger partial charge in [-0.3, -0.25) is 9.80 Å². The fraction of sp³-hybridized carbons (Fsp3) is 1.00. The second-order valence-electron chi connectivity index (χ2n) is 5.43. The van der Waals surface area contributed by atoms with Crippen molar-refractivity contribution in [1.29, 1.82) is 0 Å². The van der Waals surface area contributed by atoms with E-state index in [-0.39, 0.29) is 49.2 Å². The van der Waals surface area contributed by atoms with Crippen LogP contribution in [0.4, 0.5) is 0 Å². The molecule has 0 aromatic carbocycles. The Bertz CT molecular complexity index is 495. The molecule has 0 aromatic rings. The number of ether oxygens (including phenoxy) is 2. The third-order valence-corrected chi connectivity index (χ3v) is 4.89. The SMILES string of the molecule is O=S(=O)([O-])CCN1CCOCC1.O=S(=O)([O-])CCN1CCOCC1.[Ca+2]. The van der Waals surface area contributed by atoms with Gasteiger partial charge in [0.25, 0.3) is 0 Å². The normalized spacial score (nSPS) is 20.2. The van der Waals surface area contributed by atoms with E-state index in [0.717, 1.165) is 26.2 Å². The quantitative estimate of drug-likeness (QED) is 0.325. The van der Waals surface area contributed by atoms with Gasteiger partial charge < -0.3 is 18.6 Å². The summed E-state index contributed by atoms with van der Waals surface area (Å²) < 4.78 is 71.7. The van der Waals surface area contributed by atoms with E-state index in [4.69, 9.17) is 9.47 Å². The average molecular weight is 429 g/mol. The first-order valence-corrected chi connectivity index (χ1v) is 10.8. The minimum absolute atomic E-state index is 0. The van der Waals surface area contributed by atoms with Crippen LogP contribution in [0.2, 0.25) is 0 Å². The predicted molar refractivity (Wildman–Crippen MR) is 89.4 cm³/mol. The third-order valence-electron chi connectivity index (χ3n) is 3.52. The fourth-order valence-electron chi connectivity index (χ4n) is 2.13. The van der Waals surface area contributed by atoms with Crippen LogP contribution in [-0.4, -0.2) is 151 Å². The molecule has 0 N–H and O–H groups in total. The summed E-state index contributed by atoms with van der Waals surface area (Å²) in [6, 6.07) is 0. The first-order valence-electron chi connectivity index (χ1n) is 7.63. The molecule has 0 radical (unpaired) electrons. The minimum Gasteiger partial charge on any atom is -0.748 e. The standard InChI is InChI=1S/2C6H13NO4S.Ca/c2*8-12(9,10)6-3-7-1-4-11-5-2-7;/h2*1-6H2,(H,8,9,10);/q;;+2/p-2. The smallest absolute Gasteiger partial charge is 0.748 e. The van der Waals surface area contributed by atoms with E-state index in [2.05, 4.69) is 0 Å². The van der Waals surface area contributed by atoms with Gasteiger partial charge in [-0.25, -0.2) is 16.8 Å². The Morgan fingerprint density at radius 3 is 1.20 bits per heavy atom. The van der Waals surface area contributed by atoms with Gasteiger partial charge in [0.2, 0.25) is 0 Å². The number of rotatable bonds is 6. The van der Waals surface area contributed by atoms with Crippen LogP contribution in [0.15, 0.2) is 0 Å². The van der Waals surface area contributed by atoms with Crippen LogP contribution in [0.5, 0.6) is 0 Å². The molecule has 2 aliphatic heterocycles. The van der Waals surface area contributed by atoms with E-state index in [1.807, 2.05) is 9.80 Å². The first kappa shape index (κ1) is 25.9. The monoisotopic (exact) mass is 428 g/mol. The van der Waals surface area contributed by atoms with Crippen molar-refractivity contribution >= 4 is 58.0 Å². The predicted octanol–water partition coefficient (Wildman–Crippen LogP) is -2.65.